The summed E-state index contributed by atoms with van der Waals surface area (Å²) in [6.45, 7) is 2.06. The molecule has 0 amide bonds. The Bertz CT molecular complexity index is 207. The van der Waals surface area contributed by atoms with Gasteiger partial charge in [-0.25, -0.2) is 0 Å². The van der Waals surface area contributed by atoms with Crippen molar-refractivity contribution >= 4 is 16.3 Å². The van der Waals surface area contributed by atoms with Crippen molar-refractivity contribution in [3.63, 3.8) is 0 Å². The lowest BCUT2D eigenvalue weighted by Crippen LogP contribution is -2.08. The Balaban J connectivity index is 2.82. The first-order valence-corrected chi connectivity index (χ1v) is 4.22. The summed E-state index contributed by atoms with van der Waals surface area (Å²) >= 11 is 1.55. The van der Waals surface area contributed by atoms with Gasteiger partial charge >= 0.3 is 0 Å². The predicted molar refractivity (Wildman–Crippen MR) is 46.0 cm³/mol. The van der Waals surface area contributed by atoms with Crippen molar-refractivity contribution in [1.82, 2.24) is 0 Å². The molecule has 0 saturated heterocycles. The third-order valence-electron chi connectivity index (χ3n) is 1.57. The lowest BCUT2D eigenvalue weighted by atomic mass is 10.1. The maximum Gasteiger partial charge on any atom is 0.0904 e. The van der Waals surface area contributed by atoms with Crippen LogP contribution in [0.25, 0.3) is 0 Å². The zero-order valence-corrected chi connectivity index (χ0v) is 6.82. The molecule has 0 radical (unpaired) electrons. The second kappa shape index (κ2) is 3.03. The molecule has 0 aliphatic carbocycles. The Morgan fingerprint density at radius 3 is 2.80 bits per heavy atom. The van der Waals surface area contributed by atoms with Gasteiger partial charge in [-0.1, -0.05) is 6.92 Å². The molecule has 2 nitrogen and oxygen atoms in total. The number of hydrogen-bond acceptors (Lipinski definition) is 3. The van der Waals surface area contributed by atoms with Crippen LogP contribution >= 0.6 is 11.3 Å². The molecule has 0 aliphatic rings. The van der Waals surface area contributed by atoms with Crippen LogP contribution in [0.15, 0.2) is 11.4 Å². The van der Waals surface area contributed by atoms with Crippen molar-refractivity contribution in [2.45, 2.75) is 19.4 Å². The van der Waals surface area contributed by atoms with Crippen LogP contribution in [-0.4, -0.2) is 0 Å². The van der Waals surface area contributed by atoms with E-state index >= 15 is 0 Å². The number of nitrogen functional groups attached to an aromatic ring is 1. The lowest BCUT2D eigenvalue weighted by Gasteiger charge is -2.06. The van der Waals surface area contributed by atoms with E-state index in [-0.39, 0.29) is 6.04 Å². The van der Waals surface area contributed by atoms with Gasteiger partial charge < -0.3 is 11.5 Å². The first kappa shape index (κ1) is 7.57. The van der Waals surface area contributed by atoms with E-state index in [9.17, 15) is 0 Å². The average Bonchev–Trinajstić information content (AvgIpc) is 2.34. The molecule has 3 heteroatoms. The van der Waals surface area contributed by atoms with Gasteiger partial charge in [0.1, 0.15) is 0 Å². The summed E-state index contributed by atoms with van der Waals surface area (Å²) in [5.41, 5.74) is 12.5. The number of rotatable bonds is 2. The summed E-state index contributed by atoms with van der Waals surface area (Å²) < 4.78 is 0. The summed E-state index contributed by atoms with van der Waals surface area (Å²) in [5.74, 6) is 0. The number of anilines is 1. The van der Waals surface area contributed by atoms with Gasteiger partial charge in [-0.05, 0) is 17.9 Å². The van der Waals surface area contributed by atoms with Crippen molar-refractivity contribution in [3.05, 3.63) is 17.0 Å². The fraction of sp³-hybridized carbons (Fsp3) is 0.429. The predicted octanol–water partition coefficient (Wildman–Crippen LogP) is 1.74. The monoisotopic (exact) mass is 156 g/mol. The molecular weight excluding hydrogens is 144 g/mol. The summed E-state index contributed by atoms with van der Waals surface area (Å²) in [7, 11) is 0. The van der Waals surface area contributed by atoms with Gasteiger partial charge in [0.25, 0.3) is 0 Å². The zero-order chi connectivity index (χ0) is 7.56. The molecule has 0 spiro atoms. The van der Waals surface area contributed by atoms with Crippen LogP contribution in [0.5, 0.6) is 0 Å². The molecular formula is C7H12N2S. The second-order valence-electron chi connectivity index (χ2n) is 2.25. The van der Waals surface area contributed by atoms with E-state index in [4.69, 9.17) is 11.5 Å². The highest BCUT2D eigenvalue weighted by atomic mass is 32.1. The Labute approximate surface area is 64.8 Å². The van der Waals surface area contributed by atoms with Crippen molar-refractivity contribution < 1.29 is 0 Å². The van der Waals surface area contributed by atoms with Gasteiger partial charge in [0.15, 0.2) is 0 Å². The van der Waals surface area contributed by atoms with Crippen LogP contribution in [0.2, 0.25) is 0 Å². The van der Waals surface area contributed by atoms with Crippen LogP contribution in [0, 0.1) is 0 Å². The van der Waals surface area contributed by atoms with Gasteiger partial charge in [-0.3, -0.25) is 0 Å². The topological polar surface area (TPSA) is 52.0 Å². The maximum atomic E-state index is 5.77. The van der Waals surface area contributed by atoms with Crippen LogP contribution in [0.3, 0.4) is 0 Å². The molecule has 4 N–H and O–H groups in total. The summed E-state index contributed by atoms with van der Waals surface area (Å²) in [6, 6.07) is 2.11. The first-order valence-electron chi connectivity index (χ1n) is 3.34. The quantitative estimate of drug-likeness (QED) is 0.685. The van der Waals surface area contributed by atoms with Gasteiger partial charge in [0, 0.05) is 11.6 Å². The molecule has 0 saturated carbocycles. The SMILES string of the molecule is CC[C@H](N)c1ccsc1N. The Morgan fingerprint density at radius 1 is 1.70 bits per heavy atom. The number of hydrogen-bond donors (Lipinski definition) is 2. The normalized spacial score (nSPS) is 13.4. The van der Waals surface area contributed by atoms with E-state index in [0.29, 0.717) is 0 Å². The average molecular weight is 156 g/mol. The Morgan fingerprint density at radius 2 is 2.40 bits per heavy atom. The maximum absolute atomic E-state index is 5.77. The van der Waals surface area contributed by atoms with Crippen molar-refractivity contribution in [1.29, 1.82) is 0 Å². The Hall–Kier alpha value is -0.540. The highest BCUT2D eigenvalue weighted by molar-refractivity contribution is 7.14. The molecule has 1 aromatic heterocycles. The molecule has 56 valence electrons. The molecule has 1 aromatic rings. The largest absolute Gasteiger partial charge is 0.390 e. The van der Waals surface area contributed by atoms with Gasteiger partial charge in [0.2, 0.25) is 0 Å². The lowest BCUT2D eigenvalue weighted by molar-refractivity contribution is 0.703. The minimum atomic E-state index is 0.117. The highest BCUT2D eigenvalue weighted by Crippen LogP contribution is 2.25. The van der Waals surface area contributed by atoms with E-state index in [2.05, 4.69) is 6.92 Å². The van der Waals surface area contributed by atoms with Crippen LogP contribution in [0.1, 0.15) is 24.9 Å². The molecule has 1 rings (SSSR count). The van der Waals surface area contributed by atoms with Gasteiger partial charge in [0.05, 0.1) is 5.00 Å². The van der Waals surface area contributed by atoms with Crippen LogP contribution in [-0.2, 0) is 0 Å². The Kier molecular flexibility index (Phi) is 2.29. The van der Waals surface area contributed by atoms with Crippen molar-refractivity contribution in [2.75, 3.05) is 5.73 Å². The fourth-order valence-electron chi connectivity index (χ4n) is 0.857. The third-order valence-corrected chi connectivity index (χ3v) is 2.33. The van der Waals surface area contributed by atoms with E-state index < -0.39 is 0 Å². The van der Waals surface area contributed by atoms with E-state index in [1.165, 1.54) is 0 Å². The molecule has 1 atom stereocenters. The molecule has 0 aromatic carbocycles. The smallest absolute Gasteiger partial charge is 0.0904 e. The second-order valence-corrected chi connectivity index (χ2v) is 3.20. The van der Waals surface area contributed by atoms with E-state index in [0.717, 1.165) is 17.0 Å². The van der Waals surface area contributed by atoms with Crippen LogP contribution < -0.4 is 11.5 Å². The third kappa shape index (κ3) is 1.30. The summed E-state index contributed by atoms with van der Waals surface area (Å²) in [4.78, 5) is 0. The molecule has 1 heterocycles. The molecule has 0 fully saturated rings. The molecule has 0 aliphatic heterocycles. The molecule has 10 heavy (non-hydrogen) atoms. The molecule has 0 bridgehead atoms. The zero-order valence-electron chi connectivity index (χ0n) is 6.00. The van der Waals surface area contributed by atoms with Crippen molar-refractivity contribution in [3.8, 4) is 0 Å². The number of nitrogens with two attached hydrogens (primary N) is 2. The van der Waals surface area contributed by atoms with E-state index in [1.807, 2.05) is 11.4 Å². The first-order chi connectivity index (χ1) is 4.75. The fourth-order valence-corrected chi connectivity index (χ4v) is 1.57. The summed E-state index contributed by atoms with van der Waals surface area (Å²) in [6.07, 6.45) is 0.945. The standard InChI is InChI=1S/C7H12N2S/c1-2-6(8)5-3-4-10-7(5)9/h3-4,6H,2,8-9H2,1H3/t6-/m0/s1. The van der Waals surface area contributed by atoms with Gasteiger partial charge in [-0.2, -0.15) is 0 Å². The van der Waals surface area contributed by atoms with Crippen LogP contribution in [0.4, 0.5) is 5.00 Å². The summed E-state index contributed by atoms with van der Waals surface area (Å²) in [5, 5.41) is 2.83. The van der Waals surface area contributed by atoms with Crippen molar-refractivity contribution in [2.24, 2.45) is 5.73 Å². The van der Waals surface area contributed by atoms with Gasteiger partial charge in [-0.15, -0.1) is 11.3 Å². The minimum Gasteiger partial charge on any atom is -0.390 e. The highest BCUT2D eigenvalue weighted by Gasteiger charge is 2.06. The minimum absolute atomic E-state index is 0.117. The van der Waals surface area contributed by atoms with E-state index in [1.54, 1.807) is 11.3 Å². The molecule has 0 unspecified atom stereocenters. The number of thiophene rings is 1.